The number of fused-ring (bicyclic) bond motifs is 1. The molecule has 1 unspecified atom stereocenters. The van der Waals surface area contributed by atoms with Gasteiger partial charge in [-0.25, -0.2) is 0 Å². The number of carbonyl (C=O) groups is 1. The van der Waals surface area contributed by atoms with E-state index in [1.165, 1.54) is 18.2 Å². The molecule has 1 fully saturated rings. The molecule has 6 nitrogen and oxygen atoms in total. The number of aryl methyl sites for hydroxylation is 1. The van der Waals surface area contributed by atoms with Gasteiger partial charge in [-0.05, 0) is 43.4 Å². The fourth-order valence-corrected chi connectivity index (χ4v) is 5.31. The minimum Gasteiger partial charge on any atom is -0.360 e. The molecule has 0 saturated carbocycles. The topological polar surface area (TPSA) is 66.8 Å². The van der Waals surface area contributed by atoms with Crippen molar-refractivity contribution in [2.45, 2.75) is 31.8 Å². The molecule has 3 heterocycles. The summed E-state index contributed by atoms with van der Waals surface area (Å²) in [4.78, 5) is 18.2. The molecule has 164 valence electrons. The van der Waals surface area contributed by atoms with Gasteiger partial charge in [0.25, 0.3) is 0 Å². The fraction of sp³-hybridized carbons (Fsp3) is 0.320. The van der Waals surface area contributed by atoms with E-state index in [4.69, 9.17) is 0 Å². The molecular formula is C25H27N5OS. The number of nitrogens with one attached hydrogen (secondary N) is 1. The van der Waals surface area contributed by atoms with Crippen LogP contribution in [0.25, 0.3) is 28.0 Å². The highest BCUT2D eigenvalue weighted by Crippen LogP contribution is 2.33. The first kappa shape index (κ1) is 20.8. The molecule has 1 amide bonds. The number of para-hydroxylation sites is 2. The third kappa shape index (κ3) is 3.93. The van der Waals surface area contributed by atoms with Crippen molar-refractivity contribution in [1.29, 1.82) is 0 Å². The molecule has 4 aromatic rings. The number of carbonyl (C=O) groups excluding carboxylic acids is 1. The van der Waals surface area contributed by atoms with E-state index in [0.29, 0.717) is 11.7 Å². The van der Waals surface area contributed by atoms with Crippen LogP contribution in [0.3, 0.4) is 0 Å². The Balaban J connectivity index is 1.51. The Hall–Kier alpha value is -3.06. The second kappa shape index (κ2) is 8.82. The second-order valence-electron chi connectivity index (χ2n) is 8.55. The number of thioether (sulfide) groups is 1. The zero-order chi connectivity index (χ0) is 22.1. The van der Waals surface area contributed by atoms with Crippen LogP contribution in [0.4, 0.5) is 0 Å². The van der Waals surface area contributed by atoms with Crippen molar-refractivity contribution in [3.05, 3.63) is 60.3 Å². The number of H-pyrrole nitrogens is 1. The molecule has 1 aliphatic rings. The molecule has 1 N–H and O–H groups in total. The van der Waals surface area contributed by atoms with E-state index in [0.717, 1.165) is 58.2 Å². The number of nitrogens with zero attached hydrogens (tertiary/aromatic N) is 4. The number of hydrogen-bond donors (Lipinski definition) is 1. The van der Waals surface area contributed by atoms with E-state index in [1.54, 1.807) is 0 Å². The molecule has 1 atom stereocenters. The highest BCUT2D eigenvalue weighted by Gasteiger charge is 2.24. The number of piperidine rings is 1. The van der Waals surface area contributed by atoms with Gasteiger partial charge in [-0.15, -0.1) is 10.2 Å². The van der Waals surface area contributed by atoms with Gasteiger partial charge in [0.05, 0.1) is 11.4 Å². The van der Waals surface area contributed by atoms with Crippen LogP contribution in [0.5, 0.6) is 0 Å². The van der Waals surface area contributed by atoms with Crippen LogP contribution >= 0.6 is 11.8 Å². The van der Waals surface area contributed by atoms with Gasteiger partial charge in [0.2, 0.25) is 5.91 Å². The average Bonchev–Trinajstić information content (AvgIpc) is 3.41. The minimum absolute atomic E-state index is 0.175. The summed E-state index contributed by atoms with van der Waals surface area (Å²) in [7, 11) is 0. The summed E-state index contributed by atoms with van der Waals surface area (Å²) in [6, 6.07) is 16.4. The number of aromatic amines is 1. The first-order valence-corrected chi connectivity index (χ1v) is 12.1. The van der Waals surface area contributed by atoms with Crippen LogP contribution in [0.1, 0.15) is 25.3 Å². The molecule has 0 aliphatic carbocycles. The van der Waals surface area contributed by atoms with Gasteiger partial charge in [0, 0.05) is 35.8 Å². The van der Waals surface area contributed by atoms with Gasteiger partial charge in [-0.1, -0.05) is 55.1 Å². The van der Waals surface area contributed by atoms with E-state index in [-0.39, 0.29) is 5.91 Å². The van der Waals surface area contributed by atoms with Crippen molar-refractivity contribution in [2.75, 3.05) is 18.8 Å². The summed E-state index contributed by atoms with van der Waals surface area (Å²) < 4.78 is 2.09. The Kier molecular flexibility index (Phi) is 5.74. The molecule has 0 bridgehead atoms. The predicted molar refractivity (Wildman–Crippen MR) is 129 cm³/mol. The lowest BCUT2D eigenvalue weighted by Gasteiger charge is -2.30. The summed E-state index contributed by atoms with van der Waals surface area (Å²) in [6.07, 6.45) is 4.27. The molecule has 1 aliphatic heterocycles. The van der Waals surface area contributed by atoms with Gasteiger partial charge >= 0.3 is 0 Å². The number of likely N-dealkylation sites (tertiary alicyclic amines) is 1. The van der Waals surface area contributed by atoms with E-state index >= 15 is 0 Å². The number of rotatable bonds is 5. The molecule has 0 radical (unpaired) electrons. The van der Waals surface area contributed by atoms with Crippen molar-refractivity contribution in [3.63, 3.8) is 0 Å². The van der Waals surface area contributed by atoms with Gasteiger partial charge < -0.3 is 9.88 Å². The molecule has 7 heteroatoms. The van der Waals surface area contributed by atoms with Crippen molar-refractivity contribution in [3.8, 4) is 17.1 Å². The monoisotopic (exact) mass is 445 g/mol. The summed E-state index contributed by atoms with van der Waals surface area (Å²) in [5, 5.41) is 10.9. The summed E-state index contributed by atoms with van der Waals surface area (Å²) >= 11 is 1.47. The maximum absolute atomic E-state index is 12.9. The number of amides is 1. The van der Waals surface area contributed by atoms with Crippen LogP contribution in [-0.4, -0.2) is 49.4 Å². The molecular weight excluding hydrogens is 418 g/mol. The predicted octanol–water partition coefficient (Wildman–Crippen LogP) is 5.07. The molecule has 2 aromatic carbocycles. The van der Waals surface area contributed by atoms with Crippen LogP contribution in [0.15, 0.2) is 59.9 Å². The van der Waals surface area contributed by atoms with Gasteiger partial charge in [0.1, 0.15) is 0 Å². The maximum Gasteiger partial charge on any atom is 0.233 e. The van der Waals surface area contributed by atoms with Crippen LogP contribution in [-0.2, 0) is 4.79 Å². The highest BCUT2D eigenvalue weighted by molar-refractivity contribution is 7.99. The van der Waals surface area contributed by atoms with E-state index in [2.05, 4.69) is 57.9 Å². The SMILES string of the molecule is Cc1ccccc1-n1c(SCC(=O)N2CCCC(C)C2)nnc1-c1c[nH]c2ccccc12. The van der Waals surface area contributed by atoms with Crippen LogP contribution in [0, 0.1) is 12.8 Å². The molecule has 1 saturated heterocycles. The van der Waals surface area contributed by atoms with E-state index < -0.39 is 0 Å². The smallest absolute Gasteiger partial charge is 0.233 e. The number of aromatic nitrogens is 4. The standard InChI is InChI=1S/C25H27N5OS/c1-17-8-7-13-29(15-17)23(31)16-32-25-28-27-24(30(25)22-12-6-3-9-18(22)2)20-14-26-21-11-5-4-10-19(20)21/h3-6,9-12,14,17,26H,7-8,13,15-16H2,1-2H3. The second-order valence-corrected chi connectivity index (χ2v) is 9.49. The molecule has 0 spiro atoms. The Morgan fingerprint density at radius 2 is 1.97 bits per heavy atom. The zero-order valence-electron chi connectivity index (χ0n) is 18.4. The lowest BCUT2D eigenvalue weighted by molar-refractivity contribution is -0.130. The third-order valence-electron chi connectivity index (χ3n) is 6.15. The lowest BCUT2D eigenvalue weighted by Crippen LogP contribution is -2.40. The van der Waals surface area contributed by atoms with Crippen molar-refractivity contribution in [1.82, 2.24) is 24.6 Å². The Labute approximate surface area is 192 Å². The first-order valence-electron chi connectivity index (χ1n) is 11.1. The molecule has 2 aromatic heterocycles. The van der Waals surface area contributed by atoms with E-state index in [9.17, 15) is 4.79 Å². The number of hydrogen-bond acceptors (Lipinski definition) is 4. The Morgan fingerprint density at radius 1 is 1.16 bits per heavy atom. The molecule has 32 heavy (non-hydrogen) atoms. The normalized spacial score (nSPS) is 16.6. The zero-order valence-corrected chi connectivity index (χ0v) is 19.2. The Morgan fingerprint density at radius 3 is 2.81 bits per heavy atom. The largest absolute Gasteiger partial charge is 0.360 e. The third-order valence-corrected chi connectivity index (χ3v) is 7.07. The van der Waals surface area contributed by atoms with Crippen molar-refractivity contribution in [2.24, 2.45) is 5.92 Å². The van der Waals surface area contributed by atoms with Crippen LogP contribution in [0.2, 0.25) is 0 Å². The van der Waals surface area contributed by atoms with Crippen molar-refractivity contribution >= 4 is 28.6 Å². The average molecular weight is 446 g/mol. The highest BCUT2D eigenvalue weighted by atomic mass is 32.2. The molecule has 5 rings (SSSR count). The minimum atomic E-state index is 0.175. The van der Waals surface area contributed by atoms with Gasteiger partial charge in [-0.3, -0.25) is 9.36 Å². The summed E-state index contributed by atoms with van der Waals surface area (Å²) in [5.41, 5.74) is 4.22. The van der Waals surface area contributed by atoms with Crippen LogP contribution < -0.4 is 0 Å². The fourth-order valence-electron chi connectivity index (χ4n) is 4.46. The quantitative estimate of drug-likeness (QED) is 0.435. The maximum atomic E-state index is 12.9. The summed E-state index contributed by atoms with van der Waals surface area (Å²) in [6.45, 7) is 6.01. The van der Waals surface area contributed by atoms with Gasteiger partial charge in [0.15, 0.2) is 11.0 Å². The summed E-state index contributed by atoms with van der Waals surface area (Å²) in [5.74, 6) is 1.89. The van der Waals surface area contributed by atoms with E-state index in [1.807, 2.05) is 35.4 Å². The van der Waals surface area contributed by atoms with Crippen molar-refractivity contribution < 1.29 is 4.79 Å². The van der Waals surface area contributed by atoms with Gasteiger partial charge in [-0.2, -0.15) is 0 Å². The first-order chi connectivity index (χ1) is 15.6. The lowest BCUT2D eigenvalue weighted by atomic mass is 10.0. The Bertz CT molecular complexity index is 1260. The number of benzene rings is 2.